The number of benzene rings is 3. The number of para-hydroxylation sites is 1. The van der Waals surface area contributed by atoms with E-state index < -0.39 is 0 Å². The number of nitrogens with one attached hydrogen (secondary N) is 2. The van der Waals surface area contributed by atoms with Crippen LogP contribution in [0.4, 0.5) is 11.4 Å². The zero-order valence-corrected chi connectivity index (χ0v) is 18.9. The number of anilines is 2. The van der Waals surface area contributed by atoms with E-state index >= 15 is 0 Å². The van der Waals surface area contributed by atoms with Crippen molar-refractivity contribution in [1.29, 1.82) is 0 Å². The van der Waals surface area contributed by atoms with Crippen LogP contribution < -0.4 is 20.1 Å². The molecule has 0 saturated heterocycles. The smallest absolute Gasteiger partial charge is 0.255 e. The van der Waals surface area contributed by atoms with Gasteiger partial charge in [0.2, 0.25) is 5.91 Å². The van der Waals surface area contributed by atoms with Gasteiger partial charge in [-0.2, -0.15) is 0 Å². The zero-order valence-electron chi connectivity index (χ0n) is 18.9. The monoisotopic (exact) mass is 446 g/mol. The summed E-state index contributed by atoms with van der Waals surface area (Å²) in [6, 6.07) is 23.6. The van der Waals surface area contributed by atoms with Gasteiger partial charge < -0.3 is 20.1 Å². The van der Waals surface area contributed by atoms with Gasteiger partial charge in [-0.25, -0.2) is 0 Å². The maximum absolute atomic E-state index is 12.7. The number of hydrogen-bond acceptors (Lipinski definition) is 4. The summed E-state index contributed by atoms with van der Waals surface area (Å²) in [6.07, 6.45) is 3.47. The van der Waals surface area contributed by atoms with Crippen LogP contribution in [0.2, 0.25) is 0 Å². The van der Waals surface area contributed by atoms with Crippen molar-refractivity contribution in [2.24, 2.45) is 0 Å². The van der Waals surface area contributed by atoms with Crippen LogP contribution in [0.3, 0.4) is 0 Å². The Hall–Kier alpha value is -3.80. The van der Waals surface area contributed by atoms with Crippen LogP contribution in [0.25, 0.3) is 0 Å². The molecule has 172 valence electrons. The van der Waals surface area contributed by atoms with E-state index in [1.165, 1.54) is 0 Å². The first-order valence-corrected chi connectivity index (χ1v) is 11.3. The molecular weight excluding hydrogens is 416 g/mol. The molecule has 0 spiro atoms. The zero-order chi connectivity index (χ0) is 23.3. The lowest BCUT2D eigenvalue weighted by atomic mass is 10.2. The lowest BCUT2D eigenvalue weighted by molar-refractivity contribution is -0.116. The number of amides is 2. The highest BCUT2D eigenvalue weighted by molar-refractivity contribution is 6.05. The van der Waals surface area contributed by atoms with Gasteiger partial charge in [0.25, 0.3) is 5.91 Å². The van der Waals surface area contributed by atoms with Crippen LogP contribution in [0.5, 0.6) is 11.5 Å². The third-order valence-corrected chi connectivity index (χ3v) is 4.87. The molecule has 0 bridgehead atoms. The summed E-state index contributed by atoms with van der Waals surface area (Å²) in [7, 11) is 0. The molecule has 0 aliphatic heterocycles. The Labute approximate surface area is 194 Å². The second-order valence-corrected chi connectivity index (χ2v) is 7.58. The lowest BCUT2D eigenvalue weighted by Gasteiger charge is -2.11. The molecule has 0 atom stereocenters. The van der Waals surface area contributed by atoms with Crippen LogP contribution in [-0.2, 0) is 4.79 Å². The van der Waals surface area contributed by atoms with Crippen molar-refractivity contribution in [3.63, 3.8) is 0 Å². The van der Waals surface area contributed by atoms with Crippen LogP contribution in [0, 0.1) is 0 Å². The second-order valence-electron chi connectivity index (χ2n) is 7.58. The second kappa shape index (κ2) is 12.9. The maximum atomic E-state index is 12.7. The van der Waals surface area contributed by atoms with Crippen molar-refractivity contribution in [3.05, 3.63) is 84.4 Å². The van der Waals surface area contributed by atoms with Crippen molar-refractivity contribution < 1.29 is 19.1 Å². The molecule has 2 amide bonds. The minimum absolute atomic E-state index is 0.0204. The molecule has 0 aliphatic rings. The van der Waals surface area contributed by atoms with Gasteiger partial charge in [0.05, 0.1) is 0 Å². The summed E-state index contributed by atoms with van der Waals surface area (Å²) in [5, 5.41) is 5.75. The number of unbranched alkanes of at least 4 members (excludes halogenated alkanes) is 2. The minimum atomic E-state index is -0.257. The first kappa shape index (κ1) is 23.9. The Morgan fingerprint density at radius 2 is 1.39 bits per heavy atom. The average molecular weight is 447 g/mol. The fraction of sp³-hybridized carbons (Fsp3) is 0.259. The molecule has 6 heteroatoms. The molecule has 3 rings (SSSR count). The van der Waals surface area contributed by atoms with Crippen molar-refractivity contribution in [1.82, 2.24) is 0 Å². The van der Waals surface area contributed by atoms with Crippen molar-refractivity contribution >= 4 is 23.2 Å². The Morgan fingerprint density at radius 3 is 2.15 bits per heavy atom. The molecule has 0 heterocycles. The summed E-state index contributed by atoms with van der Waals surface area (Å²) in [6.45, 7) is 2.86. The average Bonchev–Trinajstić information content (AvgIpc) is 2.83. The third-order valence-electron chi connectivity index (χ3n) is 4.87. The molecule has 3 aromatic carbocycles. The molecule has 33 heavy (non-hydrogen) atoms. The van der Waals surface area contributed by atoms with E-state index in [0.717, 1.165) is 25.0 Å². The van der Waals surface area contributed by atoms with Crippen LogP contribution >= 0.6 is 0 Å². The molecule has 2 N–H and O–H groups in total. The van der Waals surface area contributed by atoms with Crippen LogP contribution in [-0.4, -0.2) is 25.0 Å². The Kier molecular flexibility index (Phi) is 9.33. The maximum Gasteiger partial charge on any atom is 0.255 e. The fourth-order valence-corrected chi connectivity index (χ4v) is 3.20. The number of rotatable bonds is 12. The number of ether oxygens (including phenoxy) is 2. The molecule has 0 saturated carbocycles. The molecule has 0 aromatic heterocycles. The predicted molar refractivity (Wildman–Crippen MR) is 131 cm³/mol. The summed E-state index contributed by atoms with van der Waals surface area (Å²) in [5.74, 6) is 1.10. The van der Waals surface area contributed by atoms with Gasteiger partial charge in [0, 0.05) is 23.4 Å². The van der Waals surface area contributed by atoms with Crippen LogP contribution in [0.1, 0.15) is 43.0 Å². The van der Waals surface area contributed by atoms with E-state index in [-0.39, 0.29) is 11.8 Å². The van der Waals surface area contributed by atoms with Gasteiger partial charge in [-0.05, 0) is 55.0 Å². The number of carbonyl (C=O) groups excluding carboxylic acids is 2. The first-order valence-electron chi connectivity index (χ1n) is 11.3. The normalized spacial score (nSPS) is 10.3. The van der Waals surface area contributed by atoms with E-state index in [1.54, 1.807) is 48.5 Å². The van der Waals surface area contributed by atoms with E-state index in [1.807, 2.05) is 30.3 Å². The number of hydrogen-bond donors (Lipinski definition) is 2. The lowest BCUT2D eigenvalue weighted by Crippen LogP contribution is -2.14. The Morgan fingerprint density at radius 1 is 0.727 bits per heavy atom. The minimum Gasteiger partial charge on any atom is -0.490 e. The van der Waals surface area contributed by atoms with E-state index in [0.29, 0.717) is 42.3 Å². The summed E-state index contributed by atoms with van der Waals surface area (Å²) in [4.78, 5) is 24.8. The Balaban J connectivity index is 1.50. The van der Waals surface area contributed by atoms with Gasteiger partial charge in [-0.1, -0.05) is 50.1 Å². The highest BCUT2D eigenvalue weighted by Gasteiger charge is 2.09. The SMILES string of the molecule is CCCCCC(=O)Nc1cccc(NC(=O)c2cccc(OCCOc3ccccc3)c2)c1. The van der Waals surface area contributed by atoms with Gasteiger partial charge in [-0.15, -0.1) is 0 Å². The molecule has 0 radical (unpaired) electrons. The fourth-order valence-electron chi connectivity index (χ4n) is 3.20. The quantitative estimate of drug-likeness (QED) is 0.339. The van der Waals surface area contributed by atoms with E-state index in [2.05, 4.69) is 17.6 Å². The highest BCUT2D eigenvalue weighted by atomic mass is 16.5. The predicted octanol–water partition coefficient (Wildman–Crippen LogP) is 5.92. The molecular formula is C27H30N2O4. The van der Waals surface area contributed by atoms with Crippen LogP contribution in [0.15, 0.2) is 78.9 Å². The summed E-state index contributed by atoms with van der Waals surface area (Å²) >= 11 is 0. The van der Waals surface area contributed by atoms with Gasteiger partial charge >= 0.3 is 0 Å². The first-order chi connectivity index (χ1) is 16.1. The largest absolute Gasteiger partial charge is 0.490 e. The third kappa shape index (κ3) is 8.33. The Bertz CT molecular complexity index is 1040. The van der Waals surface area contributed by atoms with Crippen molar-refractivity contribution in [2.75, 3.05) is 23.8 Å². The topological polar surface area (TPSA) is 76.7 Å². The summed E-state index contributed by atoms with van der Waals surface area (Å²) < 4.78 is 11.3. The van der Waals surface area contributed by atoms with Gasteiger partial charge in [0.1, 0.15) is 24.7 Å². The molecule has 0 aliphatic carbocycles. The number of carbonyl (C=O) groups is 2. The van der Waals surface area contributed by atoms with Gasteiger partial charge in [-0.3, -0.25) is 9.59 Å². The molecule has 0 unspecified atom stereocenters. The van der Waals surface area contributed by atoms with Gasteiger partial charge in [0.15, 0.2) is 0 Å². The summed E-state index contributed by atoms with van der Waals surface area (Å²) in [5.41, 5.74) is 1.74. The van der Waals surface area contributed by atoms with E-state index in [4.69, 9.17) is 9.47 Å². The molecule has 0 fully saturated rings. The molecule has 3 aromatic rings. The standard InChI is InChI=1S/C27H30N2O4/c1-2-3-5-16-26(30)28-22-11-9-12-23(20-22)29-27(31)21-10-8-15-25(19-21)33-18-17-32-24-13-6-4-7-14-24/h4,6-15,19-20H,2-3,5,16-18H2,1H3,(H,28,30)(H,29,31). The highest BCUT2D eigenvalue weighted by Crippen LogP contribution is 2.19. The van der Waals surface area contributed by atoms with E-state index in [9.17, 15) is 9.59 Å². The molecule has 6 nitrogen and oxygen atoms in total. The van der Waals surface area contributed by atoms with Crippen molar-refractivity contribution in [3.8, 4) is 11.5 Å². The van der Waals surface area contributed by atoms with Crippen molar-refractivity contribution in [2.45, 2.75) is 32.6 Å².